The summed E-state index contributed by atoms with van der Waals surface area (Å²) in [6.45, 7) is 1.08. The number of aliphatic imine (C=N–C) groups is 1. The van der Waals surface area contributed by atoms with E-state index in [1.807, 2.05) is 0 Å². The molecule has 0 rings (SSSR count). The van der Waals surface area contributed by atoms with Crippen LogP contribution in [0.4, 0.5) is 0 Å². The maximum atomic E-state index is 9.45. The molecule has 0 fully saturated rings. The van der Waals surface area contributed by atoms with Crippen LogP contribution in [0, 0.1) is 0 Å². The Bertz CT molecular complexity index is 141. The van der Waals surface area contributed by atoms with Crippen LogP contribution in [0.15, 0.2) is 4.99 Å². The zero-order valence-electron chi connectivity index (χ0n) is 6.09. The third-order valence-corrected chi connectivity index (χ3v) is 0.240. The molecule has 66 valence electrons. The van der Waals surface area contributed by atoms with Gasteiger partial charge >= 0.3 is 5.97 Å². The average Bonchev–Trinajstić information content (AvgIpc) is 1.62. The fourth-order valence-electron chi connectivity index (χ4n) is 0.110. The molecule has 0 aliphatic heterocycles. The SMILES string of the molecule is CC(=O)O.CN=CC(=O)O.[Fe]. The van der Waals surface area contributed by atoms with Crippen molar-refractivity contribution in [3.8, 4) is 0 Å². The minimum Gasteiger partial charge on any atom is -0.481 e. The number of rotatable bonds is 1. The molecule has 5 nitrogen and oxygen atoms in total. The fourth-order valence-corrected chi connectivity index (χ4v) is 0.110. The quantitative estimate of drug-likeness (QED) is 0.458. The Morgan fingerprint density at radius 3 is 1.64 bits per heavy atom. The zero-order valence-corrected chi connectivity index (χ0v) is 7.19. The molecular weight excluding hydrogens is 194 g/mol. The van der Waals surface area contributed by atoms with E-state index in [1.165, 1.54) is 7.05 Å². The maximum absolute atomic E-state index is 9.45. The van der Waals surface area contributed by atoms with Gasteiger partial charge in [0.15, 0.2) is 0 Å². The van der Waals surface area contributed by atoms with Crippen molar-refractivity contribution in [3.05, 3.63) is 0 Å². The third-order valence-electron chi connectivity index (χ3n) is 0.240. The van der Waals surface area contributed by atoms with E-state index < -0.39 is 11.9 Å². The Balaban J connectivity index is -0.000000114. The van der Waals surface area contributed by atoms with Gasteiger partial charge in [0.1, 0.15) is 6.21 Å². The Morgan fingerprint density at radius 1 is 1.36 bits per heavy atom. The summed E-state index contributed by atoms with van der Waals surface area (Å²) in [7, 11) is 1.41. The predicted molar refractivity (Wildman–Crippen MR) is 35.4 cm³/mol. The molecule has 0 aromatic heterocycles. The molecule has 0 radical (unpaired) electrons. The van der Waals surface area contributed by atoms with E-state index in [0.29, 0.717) is 0 Å². The predicted octanol–water partition coefficient (Wildman–Crippen LogP) is -0.140. The first-order valence-corrected chi connectivity index (χ1v) is 2.35. The summed E-state index contributed by atoms with van der Waals surface area (Å²) in [4.78, 5) is 21.7. The molecule has 0 bridgehead atoms. The molecule has 0 saturated heterocycles. The summed E-state index contributed by atoms with van der Waals surface area (Å²) in [6, 6.07) is 0. The summed E-state index contributed by atoms with van der Waals surface area (Å²) < 4.78 is 0. The van der Waals surface area contributed by atoms with Crippen LogP contribution in [0.5, 0.6) is 0 Å². The molecule has 0 unspecified atom stereocenters. The molecule has 0 aliphatic rings. The summed E-state index contributed by atoms with van der Waals surface area (Å²) in [5, 5.41) is 15.2. The minimum absolute atomic E-state index is 0. The molecule has 0 aromatic rings. The van der Waals surface area contributed by atoms with Crippen LogP contribution in [0.25, 0.3) is 0 Å². The fraction of sp³-hybridized carbons (Fsp3) is 0.400. The van der Waals surface area contributed by atoms with Crippen LogP contribution in [0.2, 0.25) is 0 Å². The van der Waals surface area contributed by atoms with Gasteiger partial charge in [0.05, 0.1) is 0 Å². The van der Waals surface area contributed by atoms with Gasteiger partial charge in [-0.25, -0.2) is 4.79 Å². The first-order chi connectivity index (χ1) is 4.50. The number of carboxylic acids is 2. The van der Waals surface area contributed by atoms with E-state index >= 15 is 0 Å². The van der Waals surface area contributed by atoms with Gasteiger partial charge in [-0.15, -0.1) is 0 Å². The van der Waals surface area contributed by atoms with Crippen molar-refractivity contribution in [2.45, 2.75) is 6.92 Å². The molecule has 0 aromatic carbocycles. The van der Waals surface area contributed by atoms with Crippen molar-refractivity contribution >= 4 is 18.2 Å². The number of carbonyl (C=O) groups is 2. The van der Waals surface area contributed by atoms with Gasteiger partial charge in [-0.3, -0.25) is 9.79 Å². The van der Waals surface area contributed by atoms with Crippen molar-refractivity contribution in [2.24, 2.45) is 4.99 Å². The van der Waals surface area contributed by atoms with E-state index in [2.05, 4.69) is 4.99 Å². The van der Waals surface area contributed by atoms with Crippen LogP contribution in [-0.2, 0) is 26.7 Å². The molecule has 0 spiro atoms. The molecule has 0 amide bonds. The van der Waals surface area contributed by atoms with Gasteiger partial charge in [-0.05, 0) is 0 Å². The van der Waals surface area contributed by atoms with Crippen molar-refractivity contribution in [3.63, 3.8) is 0 Å². The van der Waals surface area contributed by atoms with E-state index in [0.717, 1.165) is 13.1 Å². The second-order valence-electron chi connectivity index (χ2n) is 1.24. The molecule has 2 N–H and O–H groups in total. The molecule has 11 heavy (non-hydrogen) atoms. The third kappa shape index (κ3) is 102. The molecule has 0 heterocycles. The summed E-state index contributed by atoms with van der Waals surface area (Å²) in [5.41, 5.74) is 0. The second kappa shape index (κ2) is 11.9. The van der Waals surface area contributed by atoms with Gasteiger partial charge in [-0.1, -0.05) is 0 Å². The first-order valence-electron chi connectivity index (χ1n) is 2.35. The Kier molecular flexibility index (Phi) is 17.9. The maximum Gasteiger partial charge on any atom is 0.346 e. The Morgan fingerprint density at radius 2 is 1.64 bits per heavy atom. The molecule has 0 atom stereocenters. The average molecular weight is 203 g/mol. The number of hydrogen-bond donors (Lipinski definition) is 2. The van der Waals surface area contributed by atoms with Crippen LogP contribution in [-0.4, -0.2) is 35.4 Å². The van der Waals surface area contributed by atoms with Gasteiger partial charge in [-0.2, -0.15) is 0 Å². The first kappa shape index (κ1) is 16.6. The van der Waals surface area contributed by atoms with E-state index in [1.54, 1.807) is 0 Å². The van der Waals surface area contributed by atoms with E-state index in [9.17, 15) is 4.79 Å². The van der Waals surface area contributed by atoms with Gasteiger partial charge in [0.25, 0.3) is 5.97 Å². The summed E-state index contributed by atoms with van der Waals surface area (Å²) in [6.07, 6.45) is 0.833. The van der Waals surface area contributed by atoms with Crippen LogP contribution >= 0.6 is 0 Å². The van der Waals surface area contributed by atoms with Crippen molar-refractivity contribution in [1.29, 1.82) is 0 Å². The largest absolute Gasteiger partial charge is 0.481 e. The Labute approximate surface area is 74.6 Å². The van der Waals surface area contributed by atoms with Gasteiger partial charge in [0, 0.05) is 31.0 Å². The topological polar surface area (TPSA) is 87.0 Å². The summed E-state index contributed by atoms with van der Waals surface area (Å²) in [5.74, 6) is -1.84. The van der Waals surface area contributed by atoms with Crippen LogP contribution in [0.1, 0.15) is 6.92 Å². The van der Waals surface area contributed by atoms with Gasteiger partial charge < -0.3 is 10.2 Å². The normalized spacial score (nSPS) is 7.45. The van der Waals surface area contributed by atoms with Crippen LogP contribution in [0.3, 0.4) is 0 Å². The molecular formula is C5H9FeNO4. The summed E-state index contributed by atoms with van der Waals surface area (Å²) >= 11 is 0. The molecule has 0 saturated carbocycles. The number of nitrogens with zero attached hydrogens (tertiary/aromatic N) is 1. The van der Waals surface area contributed by atoms with E-state index in [-0.39, 0.29) is 17.1 Å². The second-order valence-corrected chi connectivity index (χ2v) is 1.24. The van der Waals surface area contributed by atoms with Crippen molar-refractivity contribution in [2.75, 3.05) is 7.05 Å². The molecule has 0 aliphatic carbocycles. The van der Waals surface area contributed by atoms with Crippen LogP contribution < -0.4 is 0 Å². The van der Waals surface area contributed by atoms with Crippen molar-refractivity contribution < 1.29 is 36.9 Å². The smallest absolute Gasteiger partial charge is 0.346 e. The van der Waals surface area contributed by atoms with Gasteiger partial charge in [0.2, 0.25) is 0 Å². The number of aliphatic carboxylic acids is 2. The van der Waals surface area contributed by atoms with E-state index in [4.69, 9.17) is 15.0 Å². The zero-order chi connectivity index (χ0) is 8.57. The molecule has 6 heteroatoms. The minimum atomic E-state index is -1.00. The number of hydrogen-bond acceptors (Lipinski definition) is 3. The van der Waals surface area contributed by atoms with Crippen molar-refractivity contribution in [1.82, 2.24) is 0 Å². The monoisotopic (exact) mass is 203 g/mol. The number of carboxylic acid groups (broad SMARTS) is 2. The standard InChI is InChI=1S/C3H5NO2.C2H4O2.Fe/c1-4-2-3(5)6;1-2(3)4;/h2H,1H3,(H,5,6);1H3,(H,3,4);. The Hall–Kier alpha value is -0.871.